The molecule has 4 rings (SSSR count). The first kappa shape index (κ1) is 16.6. The van der Waals surface area contributed by atoms with Gasteiger partial charge in [-0.3, -0.25) is 9.80 Å². The first-order chi connectivity index (χ1) is 10.2. The van der Waals surface area contributed by atoms with Crippen LogP contribution >= 0.6 is 0 Å². The molecule has 4 aliphatic rings. The van der Waals surface area contributed by atoms with Gasteiger partial charge in [0.2, 0.25) is 0 Å². The van der Waals surface area contributed by atoms with Crippen LogP contribution in [-0.2, 0) is 0 Å². The van der Waals surface area contributed by atoms with Crippen LogP contribution in [0.25, 0.3) is 0 Å². The number of hydrogen-bond acceptors (Lipinski definition) is 7. The SMILES string of the molecule is CC12CN3CC(C)(CN(C1)C3[C@@H](O)[C@@H](O)[C@@H](O)[C@@H](O)CO)C2. The maximum absolute atomic E-state index is 10.5. The van der Waals surface area contributed by atoms with Crippen LogP contribution in [0.5, 0.6) is 0 Å². The summed E-state index contributed by atoms with van der Waals surface area (Å²) in [6, 6.07) is 0. The highest BCUT2D eigenvalue weighted by molar-refractivity contribution is 5.09. The summed E-state index contributed by atoms with van der Waals surface area (Å²) in [5, 5.41) is 49.0. The summed E-state index contributed by atoms with van der Waals surface area (Å²) in [7, 11) is 0. The molecule has 0 aromatic rings. The minimum atomic E-state index is -1.56. The van der Waals surface area contributed by atoms with Gasteiger partial charge in [-0.05, 0) is 17.3 Å². The van der Waals surface area contributed by atoms with Crippen LogP contribution in [0.3, 0.4) is 0 Å². The molecule has 0 radical (unpaired) electrons. The highest BCUT2D eigenvalue weighted by Crippen LogP contribution is 2.51. The molecule has 0 saturated carbocycles. The number of rotatable bonds is 5. The van der Waals surface area contributed by atoms with Gasteiger partial charge in [-0.15, -0.1) is 0 Å². The number of aliphatic hydroxyl groups is 5. The van der Waals surface area contributed by atoms with Crippen LogP contribution in [0.15, 0.2) is 0 Å². The molecule has 4 heterocycles. The van der Waals surface area contributed by atoms with Gasteiger partial charge in [-0.1, -0.05) is 13.8 Å². The molecule has 4 saturated heterocycles. The van der Waals surface area contributed by atoms with Gasteiger partial charge in [0.15, 0.2) is 0 Å². The molecule has 7 heteroatoms. The van der Waals surface area contributed by atoms with Crippen molar-refractivity contribution in [2.75, 3.05) is 32.8 Å². The Morgan fingerprint density at radius 3 is 1.77 bits per heavy atom. The zero-order valence-electron chi connectivity index (χ0n) is 13.3. The van der Waals surface area contributed by atoms with Crippen molar-refractivity contribution in [3.8, 4) is 0 Å². The Labute approximate surface area is 130 Å². The Morgan fingerprint density at radius 2 is 1.36 bits per heavy atom. The van der Waals surface area contributed by atoms with Crippen molar-refractivity contribution >= 4 is 0 Å². The summed E-state index contributed by atoms with van der Waals surface area (Å²) >= 11 is 0. The third-order valence-corrected chi connectivity index (χ3v) is 5.53. The molecule has 7 nitrogen and oxygen atoms in total. The fourth-order valence-electron chi connectivity index (χ4n) is 5.18. The first-order valence-corrected chi connectivity index (χ1v) is 7.99. The molecule has 5 N–H and O–H groups in total. The standard InChI is InChI=1S/C15H28N2O5/c1-14-4-15(2)7-16(5-14)13(17(6-14)8-15)12(22)11(21)10(20)9(19)3-18/h9-13,18-22H,3-8H2,1-2H3/t9-,10-,11-,12-,13?,14?,15?/m0/s1. The molecule has 22 heavy (non-hydrogen) atoms. The van der Waals surface area contributed by atoms with E-state index in [-0.39, 0.29) is 17.0 Å². The van der Waals surface area contributed by atoms with Gasteiger partial charge >= 0.3 is 0 Å². The monoisotopic (exact) mass is 316 g/mol. The van der Waals surface area contributed by atoms with Crippen molar-refractivity contribution in [1.29, 1.82) is 0 Å². The topological polar surface area (TPSA) is 108 Å². The van der Waals surface area contributed by atoms with Crippen molar-refractivity contribution in [3.63, 3.8) is 0 Å². The Bertz CT molecular complexity index is 398. The fraction of sp³-hybridized carbons (Fsp3) is 1.00. The maximum Gasteiger partial charge on any atom is 0.111 e. The van der Waals surface area contributed by atoms with Gasteiger partial charge in [0.25, 0.3) is 0 Å². The highest BCUT2D eigenvalue weighted by atomic mass is 16.4. The summed E-state index contributed by atoms with van der Waals surface area (Å²) in [4.78, 5) is 4.37. The minimum absolute atomic E-state index is 0.204. The average Bonchev–Trinajstić information content (AvgIpc) is 2.41. The second-order valence-electron chi connectivity index (χ2n) is 8.24. The van der Waals surface area contributed by atoms with E-state index in [2.05, 4.69) is 23.6 Å². The van der Waals surface area contributed by atoms with E-state index in [0.29, 0.717) is 0 Å². The van der Waals surface area contributed by atoms with Crippen LogP contribution in [0.1, 0.15) is 20.3 Å². The van der Waals surface area contributed by atoms with E-state index in [1.54, 1.807) is 0 Å². The Morgan fingerprint density at radius 1 is 0.909 bits per heavy atom. The summed E-state index contributed by atoms with van der Waals surface area (Å²) in [5.41, 5.74) is 0.408. The van der Waals surface area contributed by atoms with E-state index in [1.165, 1.54) is 6.42 Å². The number of aliphatic hydroxyl groups excluding tert-OH is 5. The number of piperidine rings is 2. The van der Waals surface area contributed by atoms with Crippen molar-refractivity contribution < 1.29 is 25.5 Å². The Hall–Kier alpha value is -0.280. The average molecular weight is 316 g/mol. The second kappa shape index (κ2) is 5.37. The van der Waals surface area contributed by atoms with E-state index < -0.39 is 31.0 Å². The van der Waals surface area contributed by atoms with Crippen LogP contribution in [-0.4, -0.2) is 98.7 Å². The lowest BCUT2D eigenvalue weighted by atomic mass is 9.63. The molecule has 128 valence electrons. The van der Waals surface area contributed by atoms with Gasteiger partial charge in [0, 0.05) is 26.2 Å². The molecule has 4 atom stereocenters. The molecule has 0 spiro atoms. The third kappa shape index (κ3) is 2.58. The third-order valence-electron chi connectivity index (χ3n) is 5.53. The molecule has 0 amide bonds. The van der Waals surface area contributed by atoms with Crippen molar-refractivity contribution in [2.45, 2.75) is 50.8 Å². The van der Waals surface area contributed by atoms with E-state index in [1.807, 2.05) is 0 Å². The summed E-state index contributed by atoms with van der Waals surface area (Å²) in [6.45, 7) is 7.33. The molecule has 4 fully saturated rings. The van der Waals surface area contributed by atoms with Gasteiger partial charge in [0.05, 0.1) is 12.8 Å². The number of nitrogens with zero attached hydrogens (tertiary/aromatic N) is 2. The van der Waals surface area contributed by atoms with Crippen LogP contribution in [0.4, 0.5) is 0 Å². The predicted octanol–water partition coefficient (Wildman–Crippen LogP) is -2.20. The Kier molecular flexibility index (Phi) is 4.05. The van der Waals surface area contributed by atoms with E-state index in [9.17, 15) is 20.4 Å². The smallest absolute Gasteiger partial charge is 0.111 e. The van der Waals surface area contributed by atoms with Crippen LogP contribution in [0.2, 0.25) is 0 Å². The van der Waals surface area contributed by atoms with Crippen molar-refractivity contribution in [3.05, 3.63) is 0 Å². The Balaban J connectivity index is 1.76. The van der Waals surface area contributed by atoms with E-state index in [4.69, 9.17) is 5.11 Å². The lowest BCUT2D eigenvalue weighted by Crippen LogP contribution is -2.77. The number of hydrogen-bond donors (Lipinski definition) is 5. The predicted molar refractivity (Wildman–Crippen MR) is 78.9 cm³/mol. The van der Waals surface area contributed by atoms with Gasteiger partial charge < -0.3 is 25.5 Å². The second-order valence-corrected chi connectivity index (χ2v) is 8.24. The zero-order chi connectivity index (χ0) is 16.3. The van der Waals surface area contributed by atoms with Crippen molar-refractivity contribution in [2.24, 2.45) is 10.8 Å². The molecule has 4 aliphatic heterocycles. The highest BCUT2D eigenvalue weighted by Gasteiger charge is 2.58. The molecule has 0 aliphatic carbocycles. The quantitative estimate of drug-likeness (QED) is 0.392. The first-order valence-electron chi connectivity index (χ1n) is 7.99. The zero-order valence-corrected chi connectivity index (χ0v) is 13.3. The van der Waals surface area contributed by atoms with Crippen molar-refractivity contribution in [1.82, 2.24) is 9.80 Å². The van der Waals surface area contributed by atoms with E-state index >= 15 is 0 Å². The molecule has 0 unspecified atom stereocenters. The lowest BCUT2D eigenvalue weighted by molar-refractivity contribution is -0.237. The van der Waals surface area contributed by atoms with Crippen LogP contribution < -0.4 is 0 Å². The largest absolute Gasteiger partial charge is 0.394 e. The fourth-order valence-corrected chi connectivity index (χ4v) is 5.18. The van der Waals surface area contributed by atoms with Gasteiger partial charge in [0.1, 0.15) is 24.4 Å². The lowest BCUT2D eigenvalue weighted by Gasteiger charge is -2.67. The van der Waals surface area contributed by atoms with E-state index in [0.717, 1.165) is 26.2 Å². The summed E-state index contributed by atoms with van der Waals surface area (Å²) in [6.07, 6.45) is -4.89. The molecular weight excluding hydrogens is 288 g/mol. The summed E-state index contributed by atoms with van der Waals surface area (Å²) < 4.78 is 0. The minimum Gasteiger partial charge on any atom is -0.394 e. The molecule has 0 aromatic carbocycles. The molecule has 0 aromatic heterocycles. The molecular formula is C15H28N2O5. The van der Waals surface area contributed by atoms with Crippen LogP contribution in [0, 0.1) is 10.8 Å². The maximum atomic E-state index is 10.5. The summed E-state index contributed by atoms with van der Waals surface area (Å²) in [5.74, 6) is 0. The molecule has 4 bridgehead atoms. The normalized spacial score (nSPS) is 49.0. The van der Waals surface area contributed by atoms with Gasteiger partial charge in [-0.2, -0.15) is 0 Å². The van der Waals surface area contributed by atoms with Gasteiger partial charge in [-0.25, -0.2) is 0 Å².